The number of nitrogens with one attached hydrogen (secondary N) is 1. The third kappa shape index (κ3) is 4.88. The van der Waals surface area contributed by atoms with Gasteiger partial charge >= 0.3 is 5.97 Å². The first-order valence-corrected chi connectivity index (χ1v) is 9.50. The molecule has 0 spiro atoms. The van der Waals surface area contributed by atoms with E-state index in [1.54, 1.807) is 0 Å². The molecule has 11 heteroatoms. The van der Waals surface area contributed by atoms with Crippen LogP contribution in [-0.2, 0) is 28.5 Å². The Morgan fingerprint density at radius 2 is 1.89 bits per heavy atom. The highest BCUT2D eigenvalue weighted by Crippen LogP contribution is 2.35. The third-order valence-electron chi connectivity index (χ3n) is 4.29. The fraction of sp³-hybridized carbons (Fsp3) is 0.529. The number of aliphatic hydroxyl groups excluding tert-OH is 1. The molecule has 2 saturated heterocycles. The van der Waals surface area contributed by atoms with E-state index >= 15 is 0 Å². The van der Waals surface area contributed by atoms with Gasteiger partial charge in [0.15, 0.2) is 18.7 Å². The van der Waals surface area contributed by atoms with Crippen molar-refractivity contribution in [1.82, 2.24) is 5.32 Å². The maximum absolute atomic E-state index is 12.1. The number of esters is 1. The van der Waals surface area contributed by atoms with E-state index in [1.165, 1.54) is 6.92 Å². The van der Waals surface area contributed by atoms with Gasteiger partial charge in [-0.1, -0.05) is 65.1 Å². The number of hydrogen-bond acceptors (Lipinski definition) is 7. The Hall–Kier alpha value is -1.13. The van der Waals surface area contributed by atoms with Crippen molar-refractivity contribution in [2.45, 2.75) is 47.7 Å². The van der Waals surface area contributed by atoms with Crippen LogP contribution in [-0.4, -0.2) is 58.0 Å². The minimum absolute atomic E-state index is 0.0736. The number of hydrogen-bond donors (Lipinski definition) is 2. The number of rotatable bonds is 3. The molecule has 1 aromatic carbocycles. The molecule has 2 aliphatic heterocycles. The van der Waals surface area contributed by atoms with E-state index in [2.05, 4.69) is 5.32 Å². The zero-order valence-electron chi connectivity index (χ0n) is 14.6. The summed E-state index contributed by atoms with van der Waals surface area (Å²) < 4.78 is 20.1. The number of alkyl halides is 3. The summed E-state index contributed by atoms with van der Waals surface area (Å²) in [5.74, 6) is -1.65. The fourth-order valence-electron chi connectivity index (χ4n) is 3.09. The summed E-state index contributed by atoms with van der Waals surface area (Å²) in [6.45, 7) is 1.27. The van der Waals surface area contributed by atoms with Crippen molar-refractivity contribution in [3.8, 4) is 0 Å². The fourth-order valence-corrected chi connectivity index (χ4v) is 3.25. The summed E-state index contributed by atoms with van der Waals surface area (Å²) in [6, 6.07) is 7.90. The van der Waals surface area contributed by atoms with Gasteiger partial charge < -0.3 is 29.4 Å². The van der Waals surface area contributed by atoms with Gasteiger partial charge in [-0.15, -0.1) is 0 Å². The van der Waals surface area contributed by atoms with E-state index in [4.69, 9.17) is 53.8 Å². The number of aliphatic hydroxyl groups is 1. The first-order valence-electron chi connectivity index (χ1n) is 8.37. The first kappa shape index (κ1) is 21.6. The molecule has 154 valence electrons. The van der Waals surface area contributed by atoms with E-state index in [0.29, 0.717) is 0 Å². The van der Waals surface area contributed by atoms with Crippen LogP contribution in [0.25, 0.3) is 0 Å². The van der Waals surface area contributed by atoms with Gasteiger partial charge in [0.2, 0.25) is 0 Å². The zero-order valence-corrected chi connectivity index (χ0v) is 16.9. The normalized spacial score (nSPS) is 32.9. The van der Waals surface area contributed by atoms with Crippen LogP contribution in [0, 0.1) is 0 Å². The van der Waals surface area contributed by atoms with Gasteiger partial charge in [0.05, 0.1) is 6.61 Å². The molecule has 0 radical (unpaired) electrons. The predicted octanol–water partition coefficient (Wildman–Crippen LogP) is 1.60. The van der Waals surface area contributed by atoms with Crippen molar-refractivity contribution in [3.05, 3.63) is 35.9 Å². The highest BCUT2D eigenvalue weighted by Gasteiger charge is 2.52. The maximum Gasteiger partial charge on any atom is 0.303 e. The predicted molar refractivity (Wildman–Crippen MR) is 98.7 cm³/mol. The Morgan fingerprint density at radius 3 is 2.50 bits per heavy atom. The smallest absolute Gasteiger partial charge is 0.303 e. The number of fused-ring (bicyclic) bond motifs is 1. The van der Waals surface area contributed by atoms with Gasteiger partial charge in [-0.05, 0) is 0 Å². The molecule has 2 fully saturated rings. The van der Waals surface area contributed by atoms with Crippen LogP contribution in [0.1, 0.15) is 18.8 Å². The molecule has 3 rings (SSSR count). The minimum Gasteiger partial charge on any atom is -0.457 e. The molecule has 0 bridgehead atoms. The lowest BCUT2D eigenvalue weighted by Gasteiger charge is -2.47. The average Bonchev–Trinajstić information content (AvgIpc) is 2.63. The quantitative estimate of drug-likeness (QED) is 0.528. The number of amides is 1. The summed E-state index contributed by atoms with van der Waals surface area (Å²) in [6.07, 6.45) is -4.96. The van der Waals surface area contributed by atoms with Gasteiger partial charge in [-0.25, -0.2) is 0 Å². The van der Waals surface area contributed by atoms with Gasteiger partial charge in [0, 0.05) is 12.5 Å². The number of halogens is 3. The molecule has 0 unspecified atom stereocenters. The number of benzene rings is 1. The number of carbonyl (C=O) groups is 2. The van der Waals surface area contributed by atoms with E-state index in [1.807, 2.05) is 30.3 Å². The SMILES string of the molecule is CC(=O)O[C@@H]1[C@@H](NC(=O)C(Cl)(Cl)Cl)[C@@H](O)O[C@@H]2CO[C@@H](c3ccccc3)O[C@@H]12. The van der Waals surface area contributed by atoms with Gasteiger partial charge in [-0.3, -0.25) is 9.59 Å². The maximum atomic E-state index is 12.1. The number of carbonyl (C=O) groups excluding carboxylic acids is 2. The van der Waals surface area contributed by atoms with Crippen LogP contribution in [0.4, 0.5) is 0 Å². The van der Waals surface area contributed by atoms with Crippen LogP contribution in [0.2, 0.25) is 0 Å². The van der Waals surface area contributed by atoms with Crippen LogP contribution in [0.15, 0.2) is 30.3 Å². The summed E-state index contributed by atoms with van der Waals surface area (Å²) in [7, 11) is 0. The van der Waals surface area contributed by atoms with Crippen molar-refractivity contribution in [2.24, 2.45) is 0 Å². The Balaban J connectivity index is 1.84. The molecule has 0 aliphatic carbocycles. The van der Waals surface area contributed by atoms with E-state index < -0.39 is 52.6 Å². The molecule has 0 aromatic heterocycles. The lowest BCUT2D eigenvalue weighted by Crippen LogP contribution is -2.67. The Kier molecular flexibility index (Phi) is 6.71. The van der Waals surface area contributed by atoms with Crippen LogP contribution in [0.5, 0.6) is 0 Å². The molecule has 8 nitrogen and oxygen atoms in total. The molecule has 28 heavy (non-hydrogen) atoms. The molecule has 2 aliphatic rings. The third-order valence-corrected chi connectivity index (χ3v) is 4.80. The molecular formula is C17H18Cl3NO7. The van der Waals surface area contributed by atoms with Crippen molar-refractivity contribution in [3.63, 3.8) is 0 Å². The topological polar surface area (TPSA) is 103 Å². The monoisotopic (exact) mass is 453 g/mol. The standard InChI is InChI=1S/C17H18Cl3NO7/c1-8(22)26-13-11(21-16(24)17(18,19)20)14(23)27-10-7-25-15(28-12(10)13)9-5-3-2-4-6-9/h2-6,10-15,23H,7H2,1H3,(H,21,24)/t10-,11-,12-,13-,14+,15-/m1/s1. The second kappa shape index (κ2) is 8.71. The Morgan fingerprint density at radius 1 is 1.21 bits per heavy atom. The number of ether oxygens (including phenoxy) is 4. The summed E-state index contributed by atoms with van der Waals surface area (Å²) in [5.41, 5.74) is 0.746. The molecule has 2 N–H and O–H groups in total. The molecule has 2 heterocycles. The molecule has 0 saturated carbocycles. The minimum atomic E-state index is -2.28. The van der Waals surface area contributed by atoms with Crippen molar-refractivity contribution >= 4 is 46.7 Å². The van der Waals surface area contributed by atoms with E-state index in [-0.39, 0.29) is 6.61 Å². The highest BCUT2D eigenvalue weighted by molar-refractivity contribution is 6.76. The van der Waals surface area contributed by atoms with Gasteiger partial charge in [0.1, 0.15) is 18.2 Å². The Bertz CT molecular complexity index is 714. The molecule has 6 atom stereocenters. The lowest BCUT2D eigenvalue weighted by molar-refractivity contribution is -0.338. The second-order valence-electron chi connectivity index (χ2n) is 6.31. The summed E-state index contributed by atoms with van der Waals surface area (Å²) >= 11 is 16.7. The first-order chi connectivity index (χ1) is 13.2. The molecule has 1 aromatic rings. The van der Waals surface area contributed by atoms with Gasteiger partial charge in [-0.2, -0.15) is 0 Å². The van der Waals surface area contributed by atoms with Gasteiger partial charge in [0.25, 0.3) is 9.70 Å². The van der Waals surface area contributed by atoms with Crippen molar-refractivity contribution in [1.29, 1.82) is 0 Å². The highest BCUT2D eigenvalue weighted by atomic mass is 35.6. The van der Waals surface area contributed by atoms with Crippen molar-refractivity contribution in [2.75, 3.05) is 6.61 Å². The van der Waals surface area contributed by atoms with E-state index in [0.717, 1.165) is 5.56 Å². The summed E-state index contributed by atoms with van der Waals surface area (Å²) in [4.78, 5) is 23.7. The van der Waals surface area contributed by atoms with E-state index in [9.17, 15) is 14.7 Å². The molecular weight excluding hydrogens is 437 g/mol. The van der Waals surface area contributed by atoms with Crippen molar-refractivity contribution < 1.29 is 33.6 Å². The second-order valence-corrected chi connectivity index (χ2v) is 8.59. The summed E-state index contributed by atoms with van der Waals surface area (Å²) in [5, 5.41) is 12.7. The zero-order chi connectivity index (χ0) is 20.5. The Labute approximate surface area is 175 Å². The largest absolute Gasteiger partial charge is 0.457 e. The van der Waals surface area contributed by atoms with Crippen LogP contribution < -0.4 is 5.32 Å². The van der Waals surface area contributed by atoms with Crippen LogP contribution >= 0.6 is 34.8 Å². The lowest BCUT2D eigenvalue weighted by atomic mass is 9.95. The van der Waals surface area contributed by atoms with Crippen LogP contribution in [0.3, 0.4) is 0 Å². The molecule has 1 amide bonds. The average molecular weight is 455 g/mol.